The summed E-state index contributed by atoms with van der Waals surface area (Å²) in [4.78, 5) is 0. The third-order valence-corrected chi connectivity index (χ3v) is 5.67. The molecule has 0 N–H and O–H groups in total. The van der Waals surface area contributed by atoms with E-state index in [-0.39, 0.29) is 0 Å². The van der Waals surface area contributed by atoms with E-state index in [1.54, 1.807) is 0 Å². The van der Waals surface area contributed by atoms with Gasteiger partial charge in [-0.2, -0.15) is 0 Å². The highest BCUT2D eigenvalue weighted by atomic mass is 31.2. The van der Waals surface area contributed by atoms with Crippen LogP contribution in [0.15, 0.2) is 42.5 Å². The van der Waals surface area contributed by atoms with Crippen molar-refractivity contribution >= 4 is 23.8 Å². The molecule has 0 aliphatic heterocycles. The van der Waals surface area contributed by atoms with Gasteiger partial charge in [-0.1, -0.05) is 30.3 Å². The minimum Gasteiger partial charge on any atom is -0.202 e. The third kappa shape index (κ3) is 2.72. The molecule has 18 heavy (non-hydrogen) atoms. The predicted octanol–water partition coefficient (Wildman–Crippen LogP) is 4.02. The number of hydrogen-bond acceptors (Lipinski definition) is 2. The first-order chi connectivity index (χ1) is 8.69. The Morgan fingerprint density at radius 1 is 0.889 bits per heavy atom. The Balaban J connectivity index is 2.44. The van der Waals surface area contributed by atoms with E-state index in [9.17, 15) is 0 Å². The maximum absolute atomic E-state index is 5.89. The maximum atomic E-state index is 5.89. The summed E-state index contributed by atoms with van der Waals surface area (Å²) in [5.41, 5.74) is 0. The summed E-state index contributed by atoms with van der Waals surface area (Å²) in [6.07, 6.45) is 0. The molecule has 0 aliphatic carbocycles. The minimum atomic E-state index is -1.93. The second-order valence-corrected chi connectivity index (χ2v) is 6.94. The molecule has 0 aromatic heterocycles. The van der Waals surface area contributed by atoms with Gasteiger partial charge in [0.25, 0.3) is 0 Å². The van der Waals surface area contributed by atoms with E-state index in [1.165, 1.54) is 16.1 Å². The van der Waals surface area contributed by atoms with Crippen molar-refractivity contribution in [2.45, 2.75) is 13.8 Å². The maximum Gasteiger partial charge on any atom is 0.304 e. The van der Waals surface area contributed by atoms with Gasteiger partial charge in [-0.05, 0) is 36.8 Å². The summed E-state index contributed by atoms with van der Waals surface area (Å²) in [6, 6.07) is 14.8. The topological polar surface area (TPSA) is 18.5 Å². The van der Waals surface area contributed by atoms with Gasteiger partial charge in [0.05, 0.1) is 13.2 Å². The van der Waals surface area contributed by atoms with Crippen LogP contribution in [0.25, 0.3) is 10.8 Å². The highest BCUT2D eigenvalue weighted by Gasteiger charge is 2.38. The summed E-state index contributed by atoms with van der Waals surface area (Å²) in [7, 11) is -1.93. The van der Waals surface area contributed by atoms with Gasteiger partial charge in [-0.3, -0.25) is 0 Å². The number of benzene rings is 2. The summed E-state index contributed by atoms with van der Waals surface area (Å²) in [5, 5.41) is 3.66. The van der Waals surface area contributed by atoms with Gasteiger partial charge in [0.15, 0.2) is 5.30 Å². The normalized spacial score (nSPS) is 11.9. The molecule has 2 aromatic carbocycles. The van der Waals surface area contributed by atoms with Crippen LogP contribution in [-0.4, -0.2) is 19.9 Å². The molecule has 2 nitrogen and oxygen atoms in total. The minimum absolute atomic E-state index is 0.678. The van der Waals surface area contributed by atoms with Crippen molar-refractivity contribution < 1.29 is 9.05 Å². The fraction of sp³-hybridized carbons (Fsp3) is 0.333. The molecular weight excluding hydrogens is 243 g/mol. The second kappa shape index (κ2) is 5.79. The molecule has 2 rings (SSSR count). The Morgan fingerprint density at radius 3 is 2.11 bits per heavy atom. The van der Waals surface area contributed by atoms with Crippen LogP contribution < -0.4 is 5.30 Å². The van der Waals surface area contributed by atoms with Gasteiger partial charge in [0.1, 0.15) is 6.66 Å². The van der Waals surface area contributed by atoms with Crippen molar-refractivity contribution in [2.24, 2.45) is 0 Å². The first-order valence-electron chi connectivity index (χ1n) is 6.34. The van der Waals surface area contributed by atoms with Crippen LogP contribution in [0.4, 0.5) is 0 Å². The number of fused-ring (bicyclic) bond motifs is 1. The SMILES string of the molecule is CCO[P+](C)(OCC)c1ccc2ccccc2c1. The van der Waals surface area contributed by atoms with Crippen LogP contribution in [0.2, 0.25) is 0 Å². The van der Waals surface area contributed by atoms with E-state index < -0.39 is 7.72 Å². The lowest BCUT2D eigenvalue weighted by Crippen LogP contribution is -2.15. The van der Waals surface area contributed by atoms with Crippen LogP contribution in [0.5, 0.6) is 0 Å². The zero-order valence-electron chi connectivity index (χ0n) is 11.2. The molecule has 0 amide bonds. The molecule has 96 valence electrons. The Morgan fingerprint density at radius 2 is 1.50 bits per heavy atom. The lowest BCUT2D eigenvalue weighted by Gasteiger charge is -2.19. The number of hydrogen-bond donors (Lipinski definition) is 0. The monoisotopic (exact) mass is 263 g/mol. The Labute approximate surface area is 109 Å². The fourth-order valence-corrected chi connectivity index (χ4v) is 4.19. The number of rotatable bonds is 5. The molecule has 0 saturated heterocycles. The molecule has 2 aromatic rings. The van der Waals surface area contributed by atoms with Crippen molar-refractivity contribution in [1.29, 1.82) is 0 Å². The van der Waals surface area contributed by atoms with Crippen LogP contribution in [-0.2, 0) is 9.05 Å². The molecule has 0 radical (unpaired) electrons. The molecule has 0 bridgehead atoms. The van der Waals surface area contributed by atoms with Crippen molar-refractivity contribution in [1.82, 2.24) is 0 Å². The molecule has 0 heterocycles. The fourth-order valence-electron chi connectivity index (χ4n) is 2.11. The molecule has 0 unspecified atom stereocenters. The van der Waals surface area contributed by atoms with E-state index in [2.05, 4.69) is 49.1 Å². The summed E-state index contributed by atoms with van der Waals surface area (Å²) in [5.74, 6) is 0. The second-order valence-electron chi connectivity index (χ2n) is 4.21. The molecule has 0 aliphatic rings. The average Bonchev–Trinajstić information content (AvgIpc) is 2.39. The molecule has 0 fully saturated rings. The van der Waals surface area contributed by atoms with Crippen LogP contribution in [0, 0.1) is 0 Å². The van der Waals surface area contributed by atoms with Gasteiger partial charge < -0.3 is 0 Å². The van der Waals surface area contributed by atoms with Crippen molar-refractivity contribution in [3.8, 4) is 0 Å². The van der Waals surface area contributed by atoms with Gasteiger partial charge >= 0.3 is 7.72 Å². The van der Waals surface area contributed by atoms with Crippen LogP contribution >= 0.6 is 7.72 Å². The molecule has 0 saturated carbocycles. The van der Waals surface area contributed by atoms with E-state index in [1.807, 2.05) is 13.8 Å². The Kier molecular flexibility index (Phi) is 4.34. The average molecular weight is 263 g/mol. The standard InChI is InChI=1S/C15H20O2P/c1-4-16-18(3,17-5-2)15-11-10-13-8-6-7-9-14(13)12-15/h6-12H,4-5H2,1-3H3/q+1. The molecule has 3 heteroatoms. The molecule has 0 spiro atoms. The summed E-state index contributed by atoms with van der Waals surface area (Å²) >= 11 is 0. The Bertz CT molecular complexity index is 519. The Hall–Kier alpha value is -0.950. The van der Waals surface area contributed by atoms with Gasteiger partial charge in [0.2, 0.25) is 0 Å². The van der Waals surface area contributed by atoms with Crippen molar-refractivity contribution in [3.63, 3.8) is 0 Å². The largest absolute Gasteiger partial charge is 0.304 e. The highest BCUT2D eigenvalue weighted by Crippen LogP contribution is 2.56. The molecule has 0 atom stereocenters. The zero-order valence-corrected chi connectivity index (χ0v) is 12.1. The van der Waals surface area contributed by atoms with E-state index >= 15 is 0 Å². The van der Waals surface area contributed by atoms with Gasteiger partial charge in [-0.25, -0.2) is 9.05 Å². The van der Waals surface area contributed by atoms with E-state index in [0.717, 1.165) is 0 Å². The van der Waals surface area contributed by atoms with Crippen molar-refractivity contribution in [2.75, 3.05) is 19.9 Å². The quantitative estimate of drug-likeness (QED) is 0.759. The van der Waals surface area contributed by atoms with Crippen molar-refractivity contribution in [3.05, 3.63) is 42.5 Å². The van der Waals surface area contributed by atoms with Crippen LogP contribution in [0.3, 0.4) is 0 Å². The highest BCUT2D eigenvalue weighted by molar-refractivity contribution is 7.73. The van der Waals surface area contributed by atoms with Gasteiger partial charge in [-0.15, -0.1) is 0 Å². The first kappa shape index (κ1) is 13.5. The third-order valence-electron chi connectivity index (χ3n) is 2.95. The summed E-state index contributed by atoms with van der Waals surface area (Å²) in [6.45, 7) is 7.47. The molecular formula is C15H20O2P+. The first-order valence-corrected chi connectivity index (χ1v) is 8.41. The lowest BCUT2D eigenvalue weighted by atomic mass is 10.1. The predicted molar refractivity (Wildman–Crippen MR) is 79.7 cm³/mol. The van der Waals surface area contributed by atoms with E-state index in [0.29, 0.717) is 13.2 Å². The zero-order chi connectivity index (χ0) is 13.0. The lowest BCUT2D eigenvalue weighted by molar-refractivity contribution is 0.262. The summed E-state index contributed by atoms with van der Waals surface area (Å²) < 4.78 is 11.8. The van der Waals surface area contributed by atoms with Gasteiger partial charge in [0, 0.05) is 0 Å². The van der Waals surface area contributed by atoms with E-state index in [4.69, 9.17) is 9.05 Å². The van der Waals surface area contributed by atoms with Crippen LogP contribution in [0.1, 0.15) is 13.8 Å². The smallest absolute Gasteiger partial charge is 0.202 e.